The average Bonchev–Trinajstić information content (AvgIpc) is 2.51. The molecule has 0 aliphatic carbocycles. The van der Waals surface area contributed by atoms with E-state index in [1.165, 1.54) is 0 Å². The van der Waals surface area contributed by atoms with Gasteiger partial charge in [-0.2, -0.15) is 0 Å². The SMILES string of the molecule is CCCOc1c(Cl)cc(CNc2cccc(Cl)c2)cc1OC. The van der Waals surface area contributed by atoms with Crippen molar-refractivity contribution in [2.24, 2.45) is 0 Å². The van der Waals surface area contributed by atoms with Crippen molar-refractivity contribution in [1.29, 1.82) is 0 Å². The Morgan fingerprint density at radius 3 is 2.64 bits per heavy atom. The Kier molecular flexibility index (Phi) is 6.22. The summed E-state index contributed by atoms with van der Waals surface area (Å²) in [6, 6.07) is 11.4. The molecule has 0 amide bonds. The van der Waals surface area contributed by atoms with E-state index in [1.54, 1.807) is 7.11 Å². The minimum atomic E-state index is 0.552. The van der Waals surface area contributed by atoms with Gasteiger partial charge in [0.15, 0.2) is 11.5 Å². The molecule has 0 unspecified atom stereocenters. The first-order valence-corrected chi connectivity index (χ1v) is 7.88. The zero-order valence-electron chi connectivity index (χ0n) is 12.7. The van der Waals surface area contributed by atoms with Crippen molar-refractivity contribution in [3.8, 4) is 11.5 Å². The lowest BCUT2D eigenvalue weighted by molar-refractivity contribution is 0.294. The zero-order valence-corrected chi connectivity index (χ0v) is 14.2. The van der Waals surface area contributed by atoms with E-state index < -0.39 is 0 Å². The molecule has 0 atom stereocenters. The summed E-state index contributed by atoms with van der Waals surface area (Å²) < 4.78 is 11.0. The van der Waals surface area contributed by atoms with Gasteiger partial charge < -0.3 is 14.8 Å². The quantitative estimate of drug-likeness (QED) is 0.732. The first-order valence-electron chi connectivity index (χ1n) is 7.12. The highest BCUT2D eigenvalue weighted by Gasteiger charge is 2.11. The number of anilines is 1. The third-order valence-electron chi connectivity index (χ3n) is 3.06. The summed E-state index contributed by atoms with van der Waals surface area (Å²) in [5.74, 6) is 1.24. The van der Waals surface area contributed by atoms with Crippen LogP contribution in [0.2, 0.25) is 10.0 Å². The molecular weight excluding hydrogens is 321 g/mol. The fourth-order valence-electron chi connectivity index (χ4n) is 2.02. The van der Waals surface area contributed by atoms with Crippen LogP contribution in [0.4, 0.5) is 5.69 Å². The second kappa shape index (κ2) is 8.16. The molecule has 2 aromatic carbocycles. The Balaban J connectivity index is 2.13. The lowest BCUT2D eigenvalue weighted by atomic mass is 10.2. The van der Waals surface area contributed by atoms with Crippen molar-refractivity contribution in [2.45, 2.75) is 19.9 Å². The minimum Gasteiger partial charge on any atom is -0.493 e. The van der Waals surface area contributed by atoms with E-state index in [1.807, 2.05) is 43.3 Å². The fourth-order valence-corrected chi connectivity index (χ4v) is 2.50. The standard InChI is InChI=1S/C17H19Cl2NO2/c1-3-7-22-17-15(19)8-12(9-16(17)21-2)11-20-14-6-4-5-13(18)10-14/h4-6,8-10,20H,3,7,11H2,1-2H3. The Bertz CT molecular complexity index is 632. The van der Waals surface area contributed by atoms with Crippen LogP contribution in [0.25, 0.3) is 0 Å². The summed E-state index contributed by atoms with van der Waals surface area (Å²) in [6.07, 6.45) is 0.914. The van der Waals surface area contributed by atoms with Gasteiger partial charge in [-0.1, -0.05) is 36.2 Å². The van der Waals surface area contributed by atoms with Gasteiger partial charge in [0.1, 0.15) is 0 Å². The molecule has 118 valence electrons. The van der Waals surface area contributed by atoms with Gasteiger partial charge in [0.25, 0.3) is 0 Å². The van der Waals surface area contributed by atoms with Crippen molar-refractivity contribution >= 4 is 28.9 Å². The molecule has 0 saturated heterocycles. The van der Waals surface area contributed by atoms with Gasteiger partial charge >= 0.3 is 0 Å². The van der Waals surface area contributed by atoms with E-state index in [4.69, 9.17) is 32.7 Å². The maximum atomic E-state index is 6.30. The fraction of sp³-hybridized carbons (Fsp3) is 0.294. The van der Waals surface area contributed by atoms with Crippen molar-refractivity contribution in [3.63, 3.8) is 0 Å². The van der Waals surface area contributed by atoms with Crippen molar-refractivity contribution in [1.82, 2.24) is 0 Å². The number of ether oxygens (including phenoxy) is 2. The van der Waals surface area contributed by atoms with Crippen molar-refractivity contribution in [3.05, 3.63) is 52.0 Å². The second-order valence-electron chi connectivity index (χ2n) is 4.82. The molecule has 0 heterocycles. The van der Waals surface area contributed by atoms with Crippen LogP contribution in [-0.4, -0.2) is 13.7 Å². The number of methoxy groups -OCH3 is 1. The molecule has 0 bridgehead atoms. The van der Waals surface area contributed by atoms with Gasteiger partial charge in [-0.15, -0.1) is 0 Å². The number of hydrogen-bond acceptors (Lipinski definition) is 3. The minimum absolute atomic E-state index is 0.552. The summed E-state index contributed by atoms with van der Waals surface area (Å²) in [5.41, 5.74) is 1.96. The highest BCUT2D eigenvalue weighted by Crippen LogP contribution is 2.36. The highest BCUT2D eigenvalue weighted by atomic mass is 35.5. The van der Waals surface area contributed by atoms with Crippen LogP contribution in [0.3, 0.4) is 0 Å². The van der Waals surface area contributed by atoms with Gasteiger partial charge in [-0.3, -0.25) is 0 Å². The molecule has 0 fully saturated rings. The second-order valence-corrected chi connectivity index (χ2v) is 5.67. The van der Waals surface area contributed by atoms with Crippen LogP contribution in [0, 0.1) is 0 Å². The average molecular weight is 340 g/mol. The Morgan fingerprint density at radius 1 is 1.14 bits per heavy atom. The maximum absolute atomic E-state index is 6.30. The molecule has 2 aromatic rings. The van der Waals surface area contributed by atoms with Crippen LogP contribution in [0.5, 0.6) is 11.5 Å². The van der Waals surface area contributed by atoms with Gasteiger partial charge in [-0.05, 0) is 42.3 Å². The number of halogens is 2. The lowest BCUT2D eigenvalue weighted by Crippen LogP contribution is -2.03. The van der Waals surface area contributed by atoms with Crippen molar-refractivity contribution < 1.29 is 9.47 Å². The summed E-state index contributed by atoms with van der Waals surface area (Å²) in [5, 5.41) is 4.55. The molecule has 0 radical (unpaired) electrons. The van der Waals surface area contributed by atoms with Crippen LogP contribution >= 0.6 is 23.2 Å². The number of benzene rings is 2. The summed E-state index contributed by atoms with van der Waals surface area (Å²) >= 11 is 12.3. The number of rotatable bonds is 7. The lowest BCUT2D eigenvalue weighted by Gasteiger charge is -2.14. The van der Waals surface area contributed by atoms with E-state index in [2.05, 4.69) is 5.32 Å². The Hall–Kier alpha value is -1.58. The summed E-state index contributed by atoms with van der Waals surface area (Å²) in [4.78, 5) is 0. The molecule has 5 heteroatoms. The molecule has 0 aliphatic heterocycles. The Labute approximate surface area is 141 Å². The predicted molar refractivity (Wildman–Crippen MR) is 92.6 cm³/mol. The summed E-state index contributed by atoms with van der Waals surface area (Å²) in [6.45, 7) is 3.27. The number of nitrogens with one attached hydrogen (secondary N) is 1. The van der Waals surface area contributed by atoms with E-state index in [-0.39, 0.29) is 0 Å². The van der Waals surface area contributed by atoms with Crippen LogP contribution < -0.4 is 14.8 Å². The van der Waals surface area contributed by atoms with Crippen molar-refractivity contribution in [2.75, 3.05) is 19.0 Å². The van der Waals surface area contributed by atoms with Crippen LogP contribution in [0.1, 0.15) is 18.9 Å². The Morgan fingerprint density at radius 2 is 1.95 bits per heavy atom. The molecule has 0 aliphatic rings. The maximum Gasteiger partial charge on any atom is 0.179 e. The van der Waals surface area contributed by atoms with E-state index in [9.17, 15) is 0 Å². The molecular formula is C17H19Cl2NO2. The number of hydrogen-bond donors (Lipinski definition) is 1. The van der Waals surface area contributed by atoms with Gasteiger partial charge in [0, 0.05) is 17.3 Å². The molecule has 0 spiro atoms. The smallest absolute Gasteiger partial charge is 0.179 e. The molecule has 2 rings (SSSR count). The zero-order chi connectivity index (χ0) is 15.9. The third kappa shape index (κ3) is 4.46. The molecule has 1 N–H and O–H groups in total. The molecule has 0 aromatic heterocycles. The first-order chi connectivity index (χ1) is 10.6. The van der Waals surface area contributed by atoms with Crippen LogP contribution in [-0.2, 0) is 6.54 Å². The topological polar surface area (TPSA) is 30.5 Å². The van der Waals surface area contributed by atoms with Gasteiger partial charge in [-0.25, -0.2) is 0 Å². The van der Waals surface area contributed by atoms with E-state index in [0.717, 1.165) is 17.7 Å². The normalized spacial score (nSPS) is 10.4. The van der Waals surface area contributed by atoms with E-state index in [0.29, 0.717) is 34.7 Å². The van der Waals surface area contributed by atoms with Gasteiger partial charge in [0.2, 0.25) is 0 Å². The highest BCUT2D eigenvalue weighted by molar-refractivity contribution is 6.32. The third-order valence-corrected chi connectivity index (χ3v) is 3.58. The molecule has 22 heavy (non-hydrogen) atoms. The predicted octanol–water partition coefficient (Wildman–Crippen LogP) is 5.40. The van der Waals surface area contributed by atoms with E-state index >= 15 is 0 Å². The monoisotopic (exact) mass is 339 g/mol. The molecule has 0 saturated carbocycles. The summed E-state index contributed by atoms with van der Waals surface area (Å²) in [7, 11) is 1.61. The molecule has 3 nitrogen and oxygen atoms in total. The van der Waals surface area contributed by atoms with Crippen LogP contribution in [0.15, 0.2) is 36.4 Å². The van der Waals surface area contributed by atoms with Gasteiger partial charge in [0.05, 0.1) is 18.7 Å². The first kappa shape index (κ1) is 16.8. The largest absolute Gasteiger partial charge is 0.493 e.